The molecule has 2 N–H and O–H groups in total. The average molecular weight is 606 g/mol. The van der Waals surface area contributed by atoms with Gasteiger partial charge in [-0.2, -0.15) is 26.3 Å². The maximum Gasteiger partial charge on any atom is 0.433 e. The molecule has 41 heavy (non-hydrogen) atoms. The molecule has 2 aromatic carbocycles. The van der Waals surface area contributed by atoms with Gasteiger partial charge in [0, 0.05) is 29.1 Å². The zero-order valence-corrected chi connectivity index (χ0v) is 21.9. The van der Waals surface area contributed by atoms with Gasteiger partial charge in [-0.1, -0.05) is 29.8 Å². The fraction of sp³-hybridized carbons (Fsp3) is 0.370. The molecule has 3 aromatic rings. The number of nitrogens with zero attached hydrogens (tertiary/aromatic N) is 1. The fourth-order valence-electron chi connectivity index (χ4n) is 4.56. The van der Waals surface area contributed by atoms with Crippen LogP contribution in [0.1, 0.15) is 48.1 Å². The van der Waals surface area contributed by atoms with Gasteiger partial charge < -0.3 is 15.0 Å². The molecule has 0 spiro atoms. The van der Waals surface area contributed by atoms with Gasteiger partial charge in [-0.15, -0.1) is 0 Å². The summed E-state index contributed by atoms with van der Waals surface area (Å²) in [7, 11) is 0. The first-order valence-corrected chi connectivity index (χ1v) is 12.8. The van der Waals surface area contributed by atoms with Crippen LogP contribution in [-0.4, -0.2) is 22.0 Å². The Morgan fingerprint density at radius 1 is 1.00 bits per heavy atom. The molecule has 220 valence electrons. The average Bonchev–Trinajstić information content (AvgIpc) is 2.90. The quantitative estimate of drug-likeness (QED) is 0.295. The van der Waals surface area contributed by atoms with Gasteiger partial charge in [-0.05, 0) is 49.4 Å². The number of aromatic nitrogens is 2. The molecule has 1 aromatic heterocycles. The third-order valence-electron chi connectivity index (χ3n) is 6.69. The fourth-order valence-corrected chi connectivity index (χ4v) is 4.68. The standard InChI is InChI=1S/C27H23ClF7N3O3/c28-17-6-1-14(2-7-17)13-41-18-8-3-15(4-9-18)25(40)36-12-16-5-10-19(26(30,31)32)22(23(16)29)24-37-20(27(33,34)35)11-21(39)38-24/h1-2,5-7,10-11,15,18H,3-4,8-9,12-13H2,(H,36,40)(H,37,38,39). The van der Waals surface area contributed by atoms with Crippen molar-refractivity contribution in [3.63, 3.8) is 0 Å². The molecular formula is C27H23ClF7N3O3. The van der Waals surface area contributed by atoms with E-state index in [1.165, 1.54) is 0 Å². The van der Waals surface area contributed by atoms with Gasteiger partial charge >= 0.3 is 12.4 Å². The van der Waals surface area contributed by atoms with Crippen LogP contribution in [0.15, 0.2) is 47.3 Å². The first-order chi connectivity index (χ1) is 19.2. The summed E-state index contributed by atoms with van der Waals surface area (Å²) >= 11 is 5.87. The van der Waals surface area contributed by atoms with Crippen molar-refractivity contribution < 1.29 is 40.3 Å². The molecular weight excluding hydrogens is 583 g/mol. The molecule has 0 atom stereocenters. The highest BCUT2D eigenvalue weighted by atomic mass is 35.5. The molecule has 1 saturated carbocycles. The zero-order valence-electron chi connectivity index (χ0n) is 21.1. The summed E-state index contributed by atoms with van der Waals surface area (Å²) in [4.78, 5) is 29.3. The third kappa shape index (κ3) is 7.64. The molecule has 14 heteroatoms. The maximum absolute atomic E-state index is 15.4. The number of aromatic amines is 1. The number of benzene rings is 2. The van der Waals surface area contributed by atoms with E-state index in [4.69, 9.17) is 16.3 Å². The van der Waals surface area contributed by atoms with Crippen LogP contribution in [0.5, 0.6) is 0 Å². The van der Waals surface area contributed by atoms with Crippen LogP contribution in [0.3, 0.4) is 0 Å². The zero-order chi connectivity index (χ0) is 29.9. The van der Waals surface area contributed by atoms with Crippen LogP contribution in [0.2, 0.25) is 5.02 Å². The number of hydrogen-bond donors (Lipinski definition) is 2. The molecule has 1 amide bonds. The number of carbonyl (C=O) groups is 1. The number of alkyl halides is 6. The van der Waals surface area contributed by atoms with E-state index in [1.54, 1.807) is 17.1 Å². The monoisotopic (exact) mass is 605 g/mol. The smallest absolute Gasteiger partial charge is 0.374 e. The topological polar surface area (TPSA) is 84.1 Å². The van der Waals surface area contributed by atoms with Gasteiger partial charge in [0.05, 0.1) is 23.8 Å². The molecule has 4 rings (SSSR count). The molecule has 0 aliphatic heterocycles. The summed E-state index contributed by atoms with van der Waals surface area (Å²) in [6.45, 7) is -0.160. The van der Waals surface area contributed by atoms with Gasteiger partial charge in [0.1, 0.15) is 11.6 Å². The van der Waals surface area contributed by atoms with E-state index >= 15 is 4.39 Å². The minimum absolute atomic E-state index is 0.0518. The number of rotatable bonds is 7. The summed E-state index contributed by atoms with van der Waals surface area (Å²) in [6, 6.07) is 8.47. The van der Waals surface area contributed by atoms with Crippen LogP contribution in [0.25, 0.3) is 11.4 Å². The molecule has 6 nitrogen and oxygen atoms in total. The van der Waals surface area contributed by atoms with Crippen LogP contribution in [-0.2, 0) is 35.0 Å². The third-order valence-corrected chi connectivity index (χ3v) is 6.95. The van der Waals surface area contributed by atoms with E-state index in [0.717, 1.165) is 11.6 Å². The van der Waals surface area contributed by atoms with E-state index < -0.39 is 70.3 Å². The minimum Gasteiger partial charge on any atom is -0.374 e. The van der Waals surface area contributed by atoms with Gasteiger partial charge in [-0.3, -0.25) is 9.59 Å². The largest absolute Gasteiger partial charge is 0.433 e. The van der Waals surface area contributed by atoms with Crippen molar-refractivity contribution in [1.82, 2.24) is 15.3 Å². The lowest BCUT2D eigenvalue weighted by molar-refractivity contribution is -0.141. The van der Waals surface area contributed by atoms with Crippen LogP contribution in [0, 0.1) is 11.7 Å². The minimum atomic E-state index is -5.18. The second-order valence-corrected chi connectivity index (χ2v) is 10.0. The van der Waals surface area contributed by atoms with Crippen molar-refractivity contribution in [1.29, 1.82) is 0 Å². The Morgan fingerprint density at radius 3 is 2.27 bits per heavy atom. The van der Waals surface area contributed by atoms with Crippen molar-refractivity contribution in [2.75, 3.05) is 0 Å². The number of ether oxygens (including phenoxy) is 1. The Hall–Kier alpha value is -3.45. The summed E-state index contributed by atoms with van der Waals surface area (Å²) < 4.78 is 102. The normalized spacial score (nSPS) is 17.9. The lowest BCUT2D eigenvalue weighted by atomic mass is 9.86. The highest BCUT2D eigenvalue weighted by molar-refractivity contribution is 6.30. The Bertz CT molecular complexity index is 1450. The Balaban J connectivity index is 1.44. The van der Waals surface area contributed by atoms with Gasteiger partial charge in [0.25, 0.3) is 5.56 Å². The van der Waals surface area contributed by atoms with Gasteiger partial charge in [0.15, 0.2) is 5.69 Å². The number of carbonyl (C=O) groups excluding carboxylic acids is 1. The molecule has 0 unspecified atom stereocenters. The lowest BCUT2D eigenvalue weighted by Crippen LogP contribution is -2.34. The Morgan fingerprint density at radius 2 is 1.66 bits per heavy atom. The summed E-state index contributed by atoms with van der Waals surface area (Å²) in [5.74, 6) is -3.70. The first-order valence-electron chi connectivity index (χ1n) is 12.4. The van der Waals surface area contributed by atoms with E-state index in [-0.39, 0.29) is 12.2 Å². The van der Waals surface area contributed by atoms with E-state index in [9.17, 15) is 35.9 Å². The molecule has 0 radical (unpaired) electrons. The van der Waals surface area contributed by atoms with Crippen molar-refractivity contribution in [2.45, 2.75) is 57.3 Å². The second-order valence-electron chi connectivity index (χ2n) is 9.56. The number of hydrogen-bond acceptors (Lipinski definition) is 4. The predicted octanol–water partition coefficient (Wildman–Crippen LogP) is 6.66. The first kappa shape index (κ1) is 30.5. The highest BCUT2D eigenvalue weighted by Gasteiger charge is 2.39. The Kier molecular flexibility index (Phi) is 9.07. The van der Waals surface area contributed by atoms with Gasteiger partial charge in [0.2, 0.25) is 5.91 Å². The van der Waals surface area contributed by atoms with Crippen molar-refractivity contribution >= 4 is 17.5 Å². The van der Waals surface area contributed by atoms with E-state index in [2.05, 4.69) is 10.3 Å². The second kappa shape index (κ2) is 12.2. The molecule has 1 aliphatic carbocycles. The highest BCUT2D eigenvalue weighted by Crippen LogP contribution is 2.39. The molecule has 1 heterocycles. The van der Waals surface area contributed by atoms with Crippen molar-refractivity contribution in [3.05, 3.63) is 86.0 Å². The number of halogens is 8. The van der Waals surface area contributed by atoms with Crippen molar-refractivity contribution in [3.8, 4) is 11.4 Å². The van der Waals surface area contributed by atoms with Crippen LogP contribution in [0.4, 0.5) is 30.7 Å². The molecule has 1 aliphatic rings. The molecule has 0 bridgehead atoms. The molecule has 1 fully saturated rings. The number of nitrogens with one attached hydrogen (secondary N) is 2. The number of amides is 1. The van der Waals surface area contributed by atoms with Crippen molar-refractivity contribution in [2.24, 2.45) is 5.92 Å². The Labute approximate surface area is 233 Å². The summed E-state index contributed by atoms with van der Waals surface area (Å²) in [5, 5.41) is 3.09. The van der Waals surface area contributed by atoms with E-state index in [0.29, 0.717) is 43.4 Å². The summed E-state index contributed by atoms with van der Waals surface area (Å²) in [5.41, 5.74) is -5.68. The predicted molar refractivity (Wildman–Crippen MR) is 134 cm³/mol. The maximum atomic E-state index is 15.4. The van der Waals surface area contributed by atoms with Crippen LogP contribution < -0.4 is 10.9 Å². The SMILES string of the molecule is O=C(NCc1ccc(C(F)(F)F)c(-c2nc(C(F)(F)F)cc(=O)[nH]2)c1F)C1CCC(OCc2ccc(Cl)cc2)CC1. The van der Waals surface area contributed by atoms with Crippen LogP contribution >= 0.6 is 11.6 Å². The summed E-state index contributed by atoms with van der Waals surface area (Å²) in [6.07, 6.45) is -8.33. The van der Waals surface area contributed by atoms with Gasteiger partial charge in [-0.25, -0.2) is 9.37 Å². The molecule has 0 saturated heterocycles. The van der Waals surface area contributed by atoms with E-state index in [1.807, 2.05) is 12.1 Å². The lowest BCUT2D eigenvalue weighted by Gasteiger charge is -2.28. The number of H-pyrrole nitrogens is 1.